The molecule has 0 saturated heterocycles. The van der Waals surface area contributed by atoms with Crippen molar-refractivity contribution in [2.75, 3.05) is 5.43 Å². The van der Waals surface area contributed by atoms with E-state index in [1.807, 2.05) is 48.7 Å². The summed E-state index contributed by atoms with van der Waals surface area (Å²) in [4.78, 5) is 1.15. The van der Waals surface area contributed by atoms with Gasteiger partial charge >= 0.3 is 0 Å². The van der Waals surface area contributed by atoms with Gasteiger partial charge in [-0.15, -0.1) is 11.3 Å². The molecular weight excluding hydrogens is 240 g/mol. The second kappa shape index (κ2) is 5.14. The van der Waals surface area contributed by atoms with E-state index >= 15 is 0 Å². The predicted molar refractivity (Wildman–Crippen MR) is 71.6 cm³/mol. The van der Waals surface area contributed by atoms with E-state index in [4.69, 9.17) is 11.6 Å². The fraction of sp³-hybridized carbons (Fsp3) is 0.0833. The lowest BCUT2D eigenvalue weighted by atomic mass is 10.3. The lowest BCUT2D eigenvalue weighted by Gasteiger charge is -2.03. The molecule has 0 fully saturated rings. The maximum absolute atomic E-state index is 6.00. The third-order valence-electron chi connectivity index (χ3n) is 2.10. The molecule has 1 heterocycles. The zero-order chi connectivity index (χ0) is 11.4. The first-order valence-corrected chi connectivity index (χ1v) is 6.12. The quantitative estimate of drug-likeness (QED) is 0.640. The average Bonchev–Trinajstić information content (AvgIpc) is 2.81. The van der Waals surface area contributed by atoms with Crippen LogP contribution in [0.3, 0.4) is 0 Å². The maximum atomic E-state index is 6.00. The summed E-state index contributed by atoms with van der Waals surface area (Å²) in [7, 11) is 0. The van der Waals surface area contributed by atoms with E-state index in [-0.39, 0.29) is 0 Å². The van der Waals surface area contributed by atoms with Gasteiger partial charge in [-0.2, -0.15) is 5.10 Å². The van der Waals surface area contributed by atoms with Gasteiger partial charge in [-0.25, -0.2) is 0 Å². The van der Waals surface area contributed by atoms with E-state index < -0.39 is 0 Å². The molecule has 82 valence electrons. The summed E-state index contributed by atoms with van der Waals surface area (Å²) in [5.74, 6) is 0. The Bertz CT molecular complexity index is 491. The van der Waals surface area contributed by atoms with Crippen LogP contribution in [0.25, 0.3) is 0 Å². The molecule has 0 aliphatic heterocycles. The minimum Gasteiger partial charge on any atom is -0.277 e. The molecule has 0 spiro atoms. The second-order valence-corrected chi connectivity index (χ2v) is 4.62. The summed E-state index contributed by atoms with van der Waals surface area (Å²) >= 11 is 7.67. The van der Waals surface area contributed by atoms with Crippen LogP contribution in [0.2, 0.25) is 5.02 Å². The summed E-state index contributed by atoms with van der Waals surface area (Å²) in [5.41, 5.74) is 4.74. The first-order valence-electron chi connectivity index (χ1n) is 4.86. The summed E-state index contributed by atoms with van der Waals surface area (Å²) < 4.78 is 0. The molecule has 0 saturated carbocycles. The first kappa shape index (κ1) is 11.2. The van der Waals surface area contributed by atoms with Gasteiger partial charge in [-0.1, -0.05) is 29.8 Å². The summed E-state index contributed by atoms with van der Waals surface area (Å²) in [5, 5.41) is 6.99. The number of anilines is 1. The summed E-state index contributed by atoms with van der Waals surface area (Å²) in [6.07, 6.45) is 0. The highest BCUT2D eigenvalue weighted by molar-refractivity contribution is 7.12. The van der Waals surface area contributed by atoms with E-state index in [0.717, 1.165) is 16.3 Å². The molecule has 1 aromatic heterocycles. The van der Waals surface area contributed by atoms with Gasteiger partial charge < -0.3 is 0 Å². The third kappa shape index (κ3) is 2.62. The molecule has 0 aliphatic rings. The van der Waals surface area contributed by atoms with Gasteiger partial charge in [0.25, 0.3) is 0 Å². The average molecular weight is 251 g/mol. The lowest BCUT2D eigenvalue weighted by molar-refractivity contribution is 1.33. The Balaban J connectivity index is 2.13. The molecule has 2 aromatic rings. The number of nitrogens with zero attached hydrogens (tertiary/aromatic N) is 1. The number of para-hydroxylation sites is 1. The standard InChI is InChI=1S/C12H11ClN2S/c1-9(12-7-4-8-16-12)14-15-11-6-3-2-5-10(11)13/h2-8,15H,1H3/b14-9+. The van der Waals surface area contributed by atoms with Crippen molar-refractivity contribution < 1.29 is 0 Å². The highest BCUT2D eigenvalue weighted by atomic mass is 35.5. The zero-order valence-electron chi connectivity index (χ0n) is 8.77. The second-order valence-electron chi connectivity index (χ2n) is 3.27. The number of benzene rings is 1. The number of hydrazone groups is 1. The summed E-state index contributed by atoms with van der Waals surface area (Å²) in [6.45, 7) is 1.97. The van der Waals surface area contributed by atoms with Gasteiger partial charge in [0, 0.05) is 4.88 Å². The minimum absolute atomic E-state index is 0.672. The molecule has 0 amide bonds. The number of halogens is 1. The Morgan fingerprint density at radius 1 is 1.25 bits per heavy atom. The van der Waals surface area contributed by atoms with Crippen LogP contribution in [0.15, 0.2) is 46.9 Å². The van der Waals surface area contributed by atoms with E-state index in [1.165, 1.54) is 0 Å². The Hall–Kier alpha value is -1.32. The number of nitrogens with one attached hydrogen (secondary N) is 1. The third-order valence-corrected chi connectivity index (χ3v) is 3.40. The van der Waals surface area contributed by atoms with E-state index in [2.05, 4.69) is 10.5 Å². The SMILES string of the molecule is C/C(=N\Nc1ccccc1Cl)c1cccs1. The minimum atomic E-state index is 0.672. The normalized spacial score (nSPS) is 11.5. The Kier molecular flexibility index (Phi) is 3.59. The molecule has 16 heavy (non-hydrogen) atoms. The first-order chi connectivity index (χ1) is 7.77. The number of thiophene rings is 1. The fourth-order valence-electron chi connectivity index (χ4n) is 1.24. The summed E-state index contributed by atoms with van der Waals surface area (Å²) in [6, 6.07) is 11.6. The Labute approximate surface area is 104 Å². The van der Waals surface area contributed by atoms with Crippen LogP contribution in [0.5, 0.6) is 0 Å². The highest BCUT2D eigenvalue weighted by Gasteiger charge is 1.99. The number of hydrogen-bond acceptors (Lipinski definition) is 3. The fourth-order valence-corrected chi connectivity index (χ4v) is 2.09. The van der Waals surface area contributed by atoms with Crippen molar-refractivity contribution >= 4 is 34.3 Å². The van der Waals surface area contributed by atoms with Crippen molar-refractivity contribution in [1.29, 1.82) is 0 Å². The van der Waals surface area contributed by atoms with Crippen LogP contribution >= 0.6 is 22.9 Å². The molecule has 4 heteroatoms. The molecule has 0 bridgehead atoms. The van der Waals surface area contributed by atoms with Crippen molar-refractivity contribution in [1.82, 2.24) is 0 Å². The van der Waals surface area contributed by atoms with Crippen LogP contribution in [-0.4, -0.2) is 5.71 Å². The molecule has 2 rings (SSSR count). The Morgan fingerprint density at radius 3 is 2.75 bits per heavy atom. The molecule has 0 unspecified atom stereocenters. The lowest BCUT2D eigenvalue weighted by Crippen LogP contribution is -1.97. The maximum Gasteiger partial charge on any atom is 0.0748 e. The Morgan fingerprint density at radius 2 is 2.06 bits per heavy atom. The van der Waals surface area contributed by atoms with Gasteiger partial charge in [0.05, 0.1) is 16.4 Å². The van der Waals surface area contributed by atoms with E-state index in [9.17, 15) is 0 Å². The van der Waals surface area contributed by atoms with Crippen molar-refractivity contribution in [3.05, 3.63) is 51.7 Å². The zero-order valence-corrected chi connectivity index (χ0v) is 10.3. The molecule has 0 radical (unpaired) electrons. The van der Waals surface area contributed by atoms with Gasteiger partial charge in [0.1, 0.15) is 0 Å². The van der Waals surface area contributed by atoms with Crippen LogP contribution < -0.4 is 5.43 Å². The largest absolute Gasteiger partial charge is 0.277 e. The molecule has 0 atom stereocenters. The molecule has 1 aromatic carbocycles. The number of hydrogen-bond donors (Lipinski definition) is 1. The monoisotopic (exact) mass is 250 g/mol. The van der Waals surface area contributed by atoms with Crippen LogP contribution in [0.4, 0.5) is 5.69 Å². The molecule has 2 nitrogen and oxygen atoms in total. The van der Waals surface area contributed by atoms with Crippen LogP contribution in [0.1, 0.15) is 11.8 Å². The van der Waals surface area contributed by atoms with Gasteiger partial charge in [0.2, 0.25) is 0 Å². The van der Waals surface area contributed by atoms with Gasteiger partial charge in [-0.3, -0.25) is 5.43 Å². The van der Waals surface area contributed by atoms with Crippen molar-refractivity contribution in [2.45, 2.75) is 6.92 Å². The van der Waals surface area contributed by atoms with Crippen molar-refractivity contribution in [2.24, 2.45) is 5.10 Å². The van der Waals surface area contributed by atoms with Crippen LogP contribution in [-0.2, 0) is 0 Å². The number of rotatable bonds is 3. The van der Waals surface area contributed by atoms with Crippen molar-refractivity contribution in [3.63, 3.8) is 0 Å². The predicted octanol–water partition coefficient (Wildman–Crippen LogP) is 4.24. The van der Waals surface area contributed by atoms with Gasteiger partial charge in [-0.05, 0) is 30.5 Å². The van der Waals surface area contributed by atoms with Crippen LogP contribution in [0, 0.1) is 0 Å². The van der Waals surface area contributed by atoms with Gasteiger partial charge in [0.15, 0.2) is 0 Å². The molecular formula is C12H11ClN2S. The van der Waals surface area contributed by atoms with E-state index in [1.54, 1.807) is 11.3 Å². The molecule has 1 N–H and O–H groups in total. The highest BCUT2D eigenvalue weighted by Crippen LogP contribution is 2.20. The molecule has 0 aliphatic carbocycles. The topological polar surface area (TPSA) is 24.4 Å². The smallest absolute Gasteiger partial charge is 0.0748 e. The van der Waals surface area contributed by atoms with Crippen molar-refractivity contribution in [3.8, 4) is 0 Å². The van der Waals surface area contributed by atoms with E-state index in [0.29, 0.717) is 5.02 Å².